The molecule has 0 saturated heterocycles. The molecule has 2 rings (SSSR count). The van der Waals surface area contributed by atoms with E-state index in [0.29, 0.717) is 22.0 Å². The minimum absolute atomic E-state index is 0.0415. The minimum atomic E-state index is -0.244. The van der Waals surface area contributed by atoms with Crippen LogP contribution in [-0.2, 0) is 6.61 Å². The SMILES string of the molecule is Cc1ccc(N=Nc2ccc(O)c(CO)c2)cc1Cl. The molecule has 4 nitrogen and oxygen atoms in total. The molecule has 0 spiro atoms. The zero-order chi connectivity index (χ0) is 13.8. The van der Waals surface area contributed by atoms with Crippen molar-refractivity contribution in [3.05, 3.63) is 52.5 Å². The van der Waals surface area contributed by atoms with Crippen molar-refractivity contribution in [3.63, 3.8) is 0 Å². The van der Waals surface area contributed by atoms with Gasteiger partial charge < -0.3 is 10.2 Å². The molecule has 0 bridgehead atoms. The second-order valence-corrected chi connectivity index (χ2v) is 4.51. The Morgan fingerprint density at radius 1 is 1.05 bits per heavy atom. The third kappa shape index (κ3) is 3.30. The Morgan fingerprint density at radius 2 is 1.68 bits per heavy atom. The van der Waals surface area contributed by atoms with E-state index in [2.05, 4.69) is 10.2 Å². The van der Waals surface area contributed by atoms with Crippen LogP contribution in [0.2, 0.25) is 5.02 Å². The molecule has 2 N–H and O–H groups in total. The van der Waals surface area contributed by atoms with Gasteiger partial charge in [-0.15, -0.1) is 0 Å². The summed E-state index contributed by atoms with van der Waals surface area (Å²) >= 11 is 6.00. The number of phenols is 1. The lowest BCUT2D eigenvalue weighted by atomic mass is 10.2. The predicted molar refractivity (Wildman–Crippen MR) is 74.4 cm³/mol. The van der Waals surface area contributed by atoms with Crippen molar-refractivity contribution < 1.29 is 10.2 Å². The molecule has 0 atom stereocenters. The summed E-state index contributed by atoms with van der Waals surface area (Å²) in [4.78, 5) is 0. The molecule has 0 unspecified atom stereocenters. The lowest BCUT2D eigenvalue weighted by molar-refractivity contribution is 0.275. The summed E-state index contributed by atoms with van der Waals surface area (Å²) in [6, 6.07) is 10.1. The number of hydrogen-bond donors (Lipinski definition) is 2. The van der Waals surface area contributed by atoms with E-state index in [1.54, 1.807) is 18.2 Å². The van der Waals surface area contributed by atoms with Gasteiger partial charge in [-0.3, -0.25) is 0 Å². The minimum Gasteiger partial charge on any atom is -0.508 e. The molecule has 0 heterocycles. The molecule has 0 aromatic heterocycles. The van der Waals surface area contributed by atoms with E-state index < -0.39 is 0 Å². The van der Waals surface area contributed by atoms with Gasteiger partial charge in [0.1, 0.15) is 5.75 Å². The second-order valence-electron chi connectivity index (χ2n) is 4.10. The smallest absolute Gasteiger partial charge is 0.121 e. The van der Waals surface area contributed by atoms with Crippen LogP contribution < -0.4 is 0 Å². The molecular formula is C14H13ClN2O2. The van der Waals surface area contributed by atoms with Gasteiger partial charge in [-0.1, -0.05) is 17.7 Å². The van der Waals surface area contributed by atoms with Crippen molar-refractivity contribution in [2.45, 2.75) is 13.5 Å². The monoisotopic (exact) mass is 276 g/mol. The Labute approximate surface area is 116 Å². The van der Waals surface area contributed by atoms with E-state index in [1.807, 2.05) is 19.1 Å². The molecule has 0 aliphatic heterocycles. The molecule has 19 heavy (non-hydrogen) atoms. The molecular weight excluding hydrogens is 264 g/mol. The fraction of sp³-hybridized carbons (Fsp3) is 0.143. The highest BCUT2D eigenvalue weighted by molar-refractivity contribution is 6.31. The molecule has 0 radical (unpaired) electrons. The number of aliphatic hydroxyl groups is 1. The standard InChI is InChI=1S/C14H13ClN2O2/c1-9-2-3-12(7-13(9)15)17-16-11-4-5-14(19)10(6-11)8-18/h2-7,18-19H,8H2,1H3. The molecule has 0 saturated carbocycles. The number of benzene rings is 2. The molecule has 2 aromatic rings. The number of aryl methyl sites for hydroxylation is 1. The Bertz CT molecular complexity index is 627. The number of halogens is 1. The van der Waals surface area contributed by atoms with Crippen LogP contribution in [0.5, 0.6) is 5.75 Å². The molecule has 0 aliphatic carbocycles. The first-order chi connectivity index (χ1) is 9.10. The van der Waals surface area contributed by atoms with Crippen LogP contribution in [0.4, 0.5) is 11.4 Å². The largest absolute Gasteiger partial charge is 0.508 e. The van der Waals surface area contributed by atoms with Gasteiger partial charge >= 0.3 is 0 Å². The Balaban J connectivity index is 2.24. The zero-order valence-electron chi connectivity index (χ0n) is 10.3. The number of hydrogen-bond acceptors (Lipinski definition) is 4. The second kappa shape index (κ2) is 5.82. The van der Waals surface area contributed by atoms with E-state index in [9.17, 15) is 5.11 Å². The number of nitrogens with zero attached hydrogens (tertiary/aromatic N) is 2. The predicted octanol–water partition coefficient (Wildman–Crippen LogP) is 4.26. The number of aromatic hydroxyl groups is 1. The van der Waals surface area contributed by atoms with Crippen LogP contribution in [-0.4, -0.2) is 10.2 Å². The first-order valence-electron chi connectivity index (χ1n) is 5.71. The third-order valence-corrected chi connectivity index (χ3v) is 3.08. The van der Waals surface area contributed by atoms with Gasteiger partial charge in [-0.05, 0) is 42.8 Å². The van der Waals surface area contributed by atoms with Crippen LogP contribution in [0.1, 0.15) is 11.1 Å². The van der Waals surface area contributed by atoms with Gasteiger partial charge in [-0.25, -0.2) is 0 Å². The van der Waals surface area contributed by atoms with E-state index in [0.717, 1.165) is 5.56 Å². The topological polar surface area (TPSA) is 65.2 Å². The molecule has 2 aromatic carbocycles. The highest BCUT2D eigenvalue weighted by Gasteiger charge is 2.01. The number of rotatable bonds is 3. The quantitative estimate of drug-likeness (QED) is 0.823. The number of azo groups is 1. The maximum atomic E-state index is 9.44. The van der Waals surface area contributed by atoms with Gasteiger partial charge in [-0.2, -0.15) is 10.2 Å². The van der Waals surface area contributed by atoms with Crippen LogP contribution in [0.25, 0.3) is 0 Å². The summed E-state index contributed by atoms with van der Waals surface area (Å²) in [6.07, 6.45) is 0. The van der Waals surface area contributed by atoms with Crippen molar-refractivity contribution in [2.75, 3.05) is 0 Å². The number of aliphatic hydroxyl groups excluding tert-OH is 1. The highest BCUT2D eigenvalue weighted by Crippen LogP contribution is 2.26. The first kappa shape index (κ1) is 13.5. The first-order valence-corrected chi connectivity index (χ1v) is 6.08. The van der Waals surface area contributed by atoms with Gasteiger partial charge in [0.15, 0.2) is 0 Å². The van der Waals surface area contributed by atoms with E-state index in [4.69, 9.17) is 16.7 Å². The van der Waals surface area contributed by atoms with Crippen LogP contribution in [0.3, 0.4) is 0 Å². The van der Waals surface area contributed by atoms with Crippen molar-refractivity contribution in [3.8, 4) is 5.75 Å². The fourth-order valence-corrected chi connectivity index (χ4v) is 1.69. The Hall–Kier alpha value is -1.91. The average molecular weight is 277 g/mol. The van der Waals surface area contributed by atoms with Crippen molar-refractivity contribution >= 4 is 23.0 Å². The lowest BCUT2D eigenvalue weighted by Crippen LogP contribution is -1.82. The maximum Gasteiger partial charge on any atom is 0.121 e. The summed E-state index contributed by atoms with van der Waals surface area (Å²) in [5.74, 6) is 0.0415. The molecule has 98 valence electrons. The van der Waals surface area contributed by atoms with Gasteiger partial charge in [0, 0.05) is 10.6 Å². The van der Waals surface area contributed by atoms with Crippen molar-refractivity contribution in [1.29, 1.82) is 0 Å². The summed E-state index contributed by atoms with van der Waals surface area (Å²) < 4.78 is 0. The van der Waals surface area contributed by atoms with E-state index in [-0.39, 0.29) is 12.4 Å². The van der Waals surface area contributed by atoms with Gasteiger partial charge in [0.2, 0.25) is 0 Å². The summed E-state index contributed by atoms with van der Waals surface area (Å²) in [5.41, 5.74) is 2.60. The zero-order valence-corrected chi connectivity index (χ0v) is 11.1. The lowest BCUT2D eigenvalue weighted by Gasteiger charge is -2.01. The van der Waals surface area contributed by atoms with Gasteiger partial charge in [0.25, 0.3) is 0 Å². The van der Waals surface area contributed by atoms with E-state index in [1.165, 1.54) is 6.07 Å². The van der Waals surface area contributed by atoms with Gasteiger partial charge in [0.05, 0.1) is 18.0 Å². The average Bonchev–Trinajstić information content (AvgIpc) is 2.41. The van der Waals surface area contributed by atoms with Crippen LogP contribution in [0, 0.1) is 6.92 Å². The normalized spacial score (nSPS) is 11.1. The Kier molecular flexibility index (Phi) is 4.14. The van der Waals surface area contributed by atoms with Crippen molar-refractivity contribution in [2.24, 2.45) is 10.2 Å². The van der Waals surface area contributed by atoms with E-state index >= 15 is 0 Å². The van der Waals surface area contributed by atoms with Crippen LogP contribution in [0.15, 0.2) is 46.6 Å². The third-order valence-electron chi connectivity index (χ3n) is 2.67. The summed E-state index contributed by atoms with van der Waals surface area (Å²) in [6.45, 7) is 1.67. The van der Waals surface area contributed by atoms with Crippen LogP contribution >= 0.6 is 11.6 Å². The fourth-order valence-electron chi connectivity index (χ4n) is 1.52. The highest BCUT2D eigenvalue weighted by atomic mass is 35.5. The Morgan fingerprint density at radius 3 is 2.32 bits per heavy atom. The molecule has 5 heteroatoms. The molecule has 0 amide bonds. The molecule has 0 fully saturated rings. The summed E-state index contributed by atoms with van der Waals surface area (Å²) in [5, 5.41) is 27.2. The molecule has 0 aliphatic rings. The maximum absolute atomic E-state index is 9.44. The summed E-state index contributed by atoms with van der Waals surface area (Å²) in [7, 11) is 0. The van der Waals surface area contributed by atoms with Crippen molar-refractivity contribution in [1.82, 2.24) is 0 Å².